The fraction of sp³-hybridized carbons (Fsp3) is 0.524. The second-order valence-electron chi connectivity index (χ2n) is 7.76. The molecular formula is C21H27N3O5. The van der Waals surface area contributed by atoms with Crippen molar-refractivity contribution in [2.45, 2.75) is 32.2 Å². The van der Waals surface area contributed by atoms with Crippen LogP contribution in [0.25, 0.3) is 0 Å². The van der Waals surface area contributed by atoms with Crippen LogP contribution in [-0.4, -0.2) is 55.8 Å². The maximum absolute atomic E-state index is 12.4. The third kappa shape index (κ3) is 4.93. The number of carbonyl (C=O) groups excluding carboxylic acids is 4. The lowest BCUT2D eigenvalue weighted by Crippen LogP contribution is -2.38. The van der Waals surface area contributed by atoms with Crippen LogP contribution in [0.1, 0.15) is 31.2 Å². The van der Waals surface area contributed by atoms with Crippen molar-refractivity contribution in [3.05, 3.63) is 29.8 Å². The number of carbonyl (C=O) groups is 4. The first kappa shape index (κ1) is 20.8. The molecule has 0 unspecified atom stereocenters. The molecular weight excluding hydrogens is 374 g/mol. The molecule has 1 saturated carbocycles. The van der Waals surface area contributed by atoms with Crippen molar-refractivity contribution in [2.75, 3.05) is 32.1 Å². The molecule has 1 aliphatic heterocycles. The van der Waals surface area contributed by atoms with Gasteiger partial charge in [0.15, 0.2) is 6.61 Å². The van der Waals surface area contributed by atoms with Gasteiger partial charge in [0.25, 0.3) is 5.91 Å². The molecule has 1 saturated heterocycles. The van der Waals surface area contributed by atoms with Crippen molar-refractivity contribution < 1.29 is 23.9 Å². The molecule has 0 spiro atoms. The summed E-state index contributed by atoms with van der Waals surface area (Å²) in [5, 5.41) is 2.68. The minimum atomic E-state index is -0.754. The maximum Gasteiger partial charge on any atom is 0.326 e. The minimum absolute atomic E-state index is 0.290. The number of imide groups is 1. The molecule has 2 atom stereocenters. The third-order valence-corrected chi connectivity index (χ3v) is 5.53. The number of esters is 1. The Balaban J connectivity index is 1.41. The topological polar surface area (TPSA) is 96.0 Å². The molecule has 1 aromatic rings. The Kier molecular flexibility index (Phi) is 6.51. The lowest BCUT2D eigenvalue weighted by Gasteiger charge is -2.19. The number of likely N-dealkylation sites (tertiary alicyclic amines) is 1. The molecule has 3 amide bonds. The van der Waals surface area contributed by atoms with E-state index < -0.39 is 25.0 Å². The van der Waals surface area contributed by atoms with E-state index in [1.54, 1.807) is 0 Å². The molecule has 156 valence electrons. The van der Waals surface area contributed by atoms with Crippen molar-refractivity contribution in [1.29, 1.82) is 0 Å². The number of ether oxygens (including phenoxy) is 1. The second kappa shape index (κ2) is 9.07. The van der Waals surface area contributed by atoms with Crippen molar-refractivity contribution >= 4 is 29.4 Å². The molecule has 8 nitrogen and oxygen atoms in total. The van der Waals surface area contributed by atoms with Gasteiger partial charge in [-0.25, -0.2) is 0 Å². The summed E-state index contributed by atoms with van der Waals surface area (Å²) in [6.07, 6.45) is 3.24. The van der Waals surface area contributed by atoms with E-state index in [9.17, 15) is 19.2 Å². The van der Waals surface area contributed by atoms with Gasteiger partial charge in [0, 0.05) is 26.3 Å². The predicted molar refractivity (Wildman–Crippen MR) is 106 cm³/mol. The molecule has 0 radical (unpaired) electrons. The van der Waals surface area contributed by atoms with Gasteiger partial charge in [-0.15, -0.1) is 0 Å². The van der Waals surface area contributed by atoms with Crippen molar-refractivity contribution in [2.24, 2.45) is 11.8 Å². The largest absolute Gasteiger partial charge is 0.454 e. The van der Waals surface area contributed by atoms with Crippen LogP contribution in [0.4, 0.5) is 5.69 Å². The molecule has 1 heterocycles. The Bertz CT molecular complexity index is 766. The van der Waals surface area contributed by atoms with E-state index >= 15 is 0 Å². The molecule has 29 heavy (non-hydrogen) atoms. The van der Waals surface area contributed by atoms with Crippen molar-refractivity contribution in [3.63, 3.8) is 0 Å². The van der Waals surface area contributed by atoms with E-state index in [0.29, 0.717) is 19.4 Å². The molecule has 3 rings (SSSR count). The molecule has 0 aromatic heterocycles. The molecule has 0 bridgehead atoms. The Labute approximate surface area is 170 Å². The predicted octanol–water partition coefficient (Wildman–Crippen LogP) is 1.09. The Morgan fingerprint density at radius 2 is 1.66 bits per heavy atom. The van der Waals surface area contributed by atoms with Gasteiger partial charge in [-0.2, -0.15) is 0 Å². The number of anilines is 1. The molecule has 8 heteroatoms. The van der Waals surface area contributed by atoms with Crippen LogP contribution in [0.3, 0.4) is 0 Å². The lowest BCUT2D eigenvalue weighted by atomic mass is 9.81. The first-order valence-electron chi connectivity index (χ1n) is 9.90. The minimum Gasteiger partial charge on any atom is -0.454 e. The Morgan fingerprint density at radius 1 is 1.07 bits per heavy atom. The average Bonchev–Trinajstić information content (AvgIpc) is 2.96. The second-order valence-corrected chi connectivity index (χ2v) is 7.76. The first-order chi connectivity index (χ1) is 13.9. The van der Waals surface area contributed by atoms with Gasteiger partial charge in [0.1, 0.15) is 6.54 Å². The van der Waals surface area contributed by atoms with Crippen LogP contribution in [-0.2, 0) is 30.5 Å². The van der Waals surface area contributed by atoms with Gasteiger partial charge < -0.3 is 15.0 Å². The van der Waals surface area contributed by atoms with E-state index in [1.165, 1.54) is 0 Å². The molecule has 2 aliphatic rings. The van der Waals surface area contributed by atoms with Crippen LogP contribution < -0.4 is 10.2 Å². The highest BCUT2D eigenvalue weighted by molar-refractivity contribution is 6.07. The van der Waals surface area contributed by atoms with Crippen LogP contribution in [0.5, 0.6) is 0 Å². The summed E-state index contributed by atoms with van der Waals surface area (Å²) in [6, 6.07) is 7.71. The molecule has 1 aromatic carbocycles. The van der Waals surface area contributed by atoms with E-state index in [-0.39, 0.29) is 23.7 Å². The van der Waals surface area contributed by atoms with E-state index in [2.05, 4.69) is 5.32 Å². The number of hydrogen-bond acceptors (Lipinski definition) is 6. The summed E-state index contributed by atoms with van der Waals surface area (Å²) >= 11 is 0. The Hall–Kier alpha value is -2.90. The highest BCUT2D eigenvalue weighted by atomic mass is 16.5. The molecule has 2 fully saturated rings. The standard InChI is InChI=1S/C21H27N3O5/c1-23(2)15-9-7-14(8-10-15)11-22-18(25)13-29-19(26)12-24-20(27)16-5-3-4-6-17(16)21(24)28/h7-10,16-17H,3-6,11-13H2,1-2H3,(H,22,25)/t16-,17-/m1/s1. The quantitative estimate of drug-likeness (QED) is 0.543. The highest BCUT2D eigenvalue weighted by Crippen LogP contribution is 2.37. The zero-order valence-corrected chi connectivity index (χ0v) is 16.8. The zero-order valence-electron chi connectivity index (χ0n) is 16.8. The summed E-state index contributed by atoms with van der Waals surface area (Å²) in [4.78, 5) is 51.6. The monoisotopic (exact) mass is 401 g/mol. The zero-order chi connectivity index (χ0) is 21.0. The Morgan fingerprint density at radius 3 is 2.21 bits per heavy atom. The number of amides is 3. The normalized spacial score (nSPS) is 21.0. The maximum atomic E-state index is 12.4. The summed E-state index contributed by atoms with van der Waals surface area (Å²) in [5.41, 5.74) is 1.98. The van der Waals surface area contributed by atoms with Crippen molar-refractivity contribution in [3.8, 4) is 0 Å². The van der Waals surface area contributed by atoms with Crippen LogP contribution in [0.2, 0.25) is 0 Å². The summed E-state index contributed by atoms with van der Waals surface area (Å²) in [6.45, 7) is -0.557. The van der Waals surface area contributed by atoms with Gasteiger partial charge in [-0.05, 0) is 30.5 Å². The molecule has 1 N–H and O–H groups in total. The highest BCUT2D eigenvalue weighted by Gasteiger charge is 2.48. The number of hydrogen-bond donors (Lipinski definition) is 1. The van der Waals surface area contributed by atoms with Gasteiger partial charge in [-0.1, -0.05) is 25.0 Å². The average molecular weight is 401 g/mol. The third-order valence-electron chi connectivity index (χ3n) is 5.53. The number of fused-ring (bicyclic) bond motifs is 1. The van der Waals surface area contributed by atoms with E-state index in [0.717, 1.165) is 29.0 Å². The van der Waals surface area contributed by atoms with Crippen LogP contribution in [0, 0.1) is 11.8 Å². The lowest BCUT2D eigenvalue weighted by molar-refractivity contribution is -0.154. The van der Waals surface area contributed by atoms with Gasteiger partial charge in [0.05, 0.1) is 11.8 Å². The smallest absolute Gasteiger partial charge is 0.326 e. The number of benzene rings is 1. The van der Waals surface area contributed by atoms with Crippen LogP contribution in [0.15, 0.2) is 24.3 Å². The summed E-state index contributed by atoms with van der Waals surface area (Å²) in [5.74, 6) is -2.37. The first-order valence-corrected chi connectivity index (χ1v) is 9.90. The van der Waals surface area contributed by atoms with Gasteiger partial charge >= 0.3 is 5.97 Å². The fourth-order valence-electron chi connectivity index (χ4n) is 3.87. The summed E-state index contributed by atoms with van der Waals surface area (Å²) < 4.78 is 4.95. The van der Waals surface area contributed by atoms with Crippen molar-refractivity contribution in [1.82, 2.24) is 10.2 Å². The van der Waals surface area contributed by atoms with Gasteiger partial charge in [0.2, 0.25) is 11.8 Å². The summed E-state index contributed by atoms with van der Waals surface area (Å²) in [7, 11) is 3.89. The van der Waals surface area contributed by atoms with E-state index in [4.69, 9.17) is 4.74 Å². The van der Waals surface area contributed by atoms with Gasteiger partial charge in [-0.3, -0.25) is 24.1 Å². The molecule has 1 aliphatic carbocycles. The van der Waals surface area contributed by atoms with Crippen LogP contribution >= 0.6 is 0 Å². The number of nitrogens with one attached hydrogen (secondary N) is 1. The SMILES string of the molecule is CN(C)c1ccc(CNC(=O)COC(=O)CN2C(=O)[C@@H]3CCCC[C@H]3C2=O)cc1. The number of nitrogens with zero attached hydrogens (tertiary/aromatic N) is 2. The van der Waals surface area contributed by atoms with E-state index in [1.807, 2.05) is 43.3 Å². The fourth-order valence-corrected chi connectivity index (χ4v) is 3.87. The number of rotatable bonds is 7.